The van der Waals surface area contributed by atoms with Crippen molar-refractivity contribution in [2.45, 2.75) is 37.9 Å². The van der Waals surface area contributed by atoms with Crippen molar-refractivity contribution in [1.82, 2.24) is 20.0 Å². The van der Waals surface area contributed by atoms with Crippen LogP contribution in [-0.4, -0.2) is 41.2 Å². The van der Waals surface area contributed by atoms with Crippen molar-refractivity contribution in [2.24, 2.45) is 5.92 Å². The van der Waals surface area contributed by atoms with Gasteiger partial charge in [0.25, 0.3) is 0 Å². The summed E-state index contributed by atoms with van der Waals surface area (Å²) < 4.78 is 7.63. The van der Waals surface area contributed by atoms with Crippen molar-refractivity contribution in [1.29, 1.82) is 0 Å². The number of nitrogens with zero attached hydrogens (tertiary/aromatic N) is 2. The number of aromatic nitrogens is 2. The summed E-state index contributed by atoms with van der Waals surface area (Å²) in [5.74, 6) is 0.654. The lowest BCUT2D eigenvalue weighted by atomic mass is 9.94. The molecule has 3 heterocycles. The van der Waals surface area contributed by atoms with Crippen LogP contribution in [-0.2, 0) is 11.3 Å². The van der Waals surface area contributed by atoms with Crippen LogP contribution in [0.2, 0.25) is 5.02 Å². The lowest BCUT2D eigenvalue weighted by Gasteiger charge is -2.32. The van der Waals surface area contributed by atoms with Gasteiger partial charge in [0.1, 0.15) is 5.65 Å². The smallest absolute Gasteiger partial charge is 0.137 e. The molecule has 23 heavy (non-hydrogen) atoms. The molecule has 2 aliphatic rings. The van der Waals surface area contributed by atoms with Crippen molar-refractivity contribution >= 4 is 17.2 Å². The van der Waals surface area contributed by atoms with Crippen molar-refractivity contribution in [3.63, 3.8) is 0 Å². The minimum Gasteiger partial charge on any atom is -0.379 e. The lowest BCUT2D eigenvalue weighted by molar-refractivity contribution is 0.0524. The number of hydrogen-bond donors (Lipinski definition) is 2. The summed E-state index contributed by atoms with van der Waals surface area (Å²) in [6, 6.07) is 4.86. The first-order valence-corrected chi connectivity index (χ1v) is 8.85. The number of pyridine rings is 1. The Labute approximate surface area is 141 Å². The lowest BCUT2D eigenvalue weighted by Crippen LogP contribution is -2.50. The Balaban J connectivity index is 1.40. The Morgan fingerprint density at radius 1 is 1.35 bits per heavy atom. The van der Waals surface area contributed by atoms with Crippen LogP contribution in [0.15, 0.2) is 24.5 Å². The summed E-state index contributed by atoms with van der Waals surface area (Å²) >= 11 is 6.03. The fourth-order valence-corrected chi connectivity index (χ4v) is 4.09. The molecule has 2 aromatic rings. The molecule has 2 fully saturated rings. The summed E-state index contributed by atoms with van der Waals surface area (Å²) in [4.78, 5) is 4.65. The average Bonchev–Trinajstić information content (AvgIpc) is 3.19. The highest BCUT2D eigenvalue weighted by molar-refractivity contribution is 6.30. The maximum atomic E-state index is 6.03. The molecule has 6 heteroatoms. The van der Waals surface area contributed by atoms with Gasteiger partial charge in [-0.3, -0.25) is 0 Å². The molecule has 0 radical (unpaired) electrons. The van der Waals surface area contributed by atoms with E-state index in [1.165, 1.54) is 19.3 Å². The van der Waals surface area contributed by atoms with Gasteiger partial charge in [0.05, 0.1) is 23.9 Å². The Hall–Kier alpha value is -1.14. The van der Waals surface area contributed by atoms with Gasteiger partial charge < -0.3 is 19.8 Å². The second-order valence-electron chi connectivity index (χ2n) is 6.56. The van der Waals surface area contributed by atoms with E-state index in [1.54, 1.807) is 0 Å². The van der Waals surface area contributed by atoms with E-state index in [1.807, 2.05) is 22.7 Å². The molecule has 0 amide bonds. The van der Waals surface area contributed by atoms with Crippen LogP contribution in [0.4, 0.5) is 0 Å². The number of imidazole rings is 1. The Morgan fingerprint density at radius 2 is 2.30 bits per heavy atom. The summed E-state index contributed by atoms with van der Waals surface area (Å²) in [6.45, 7) is 3.45. The van der Waals surface area contributed by atoms with E-state index < -0.39 is 0 Å². The quantitative estimate of drug-likeness (QED) is 0.900. The van der Waals surface area contributed by atoms with Crippen molar-refractivity contribution < 1.29 is 4.74 Å². The summed E-state index contributed by atoms with van der Waals surface area (Å²) in [7, 11) is 0. The number of ether oxygens (including phenoxy) is 1. The second kappa shape index (κ2) is 6.77. The molecule has 0 bridgehead atoms. The highest BCUT2D eigenvalue weighted by atomic mass is 35.5. The third-order valence-corrected chi connectivity index (χ3v) is 5.27. The Bertz CT molecular complexity index is 668. The van der Waals surface area contributed by atoms with Crippen LogP contribution in [0.1, 0.15) is 25.0 Å². The van der Waals surface area contributed by atoms with Crippen LogP contribution in [0, 0.1) is 5.92 Å². The predicted molar refractivity (Wildman–Crippen MR) is 90.8 cm³/mol. The fourth-order valence-electron chi connectivity index (χ4n) is 3.92. The SMILES string of the molecule is Clc1ccc2nc(CNC3CCCC3C3COCCN3)cn2c1. The van der Waals surface area contributed by atoms with Crippen LogP contribution < -0.4 is 10.6 Å². The zero-order chi connectivity index (χ0) is 15.6. The van der Waals surface area contributed by atoms with E-state index in [2.05, 4.69) is 21.8 Å². The number of hydrogen-bond acceptors (Lipinski definition) is 4. The first-order chi connectivity index (χ1) is 11.3. The van der Waals surface area contributed by atoms with Crippen LogP contribution in [0.3, 0.4) is 0 Å². The number of fused-ring (bicyclic) bond motifs is 1. The van der Waals surface area contributed by atoms with Crippen LogP contribution in [0.25, 0.3) is 5.65 Å². The van der Waals surface area contributed by atoms with E-state index in [0.29, 0.717) is 18.0 Å². The monoisotopic (exact) mass is 334 g/mol. The van der Waals surface area contributed by atoms with Crippen molar-refractivity contribution in [3.8, 4) is 0 Å². The molecule has 2 aromatic heterocycles. The second-order valence-corrected chi connectivity index (χ2v) is 7.00. The molecule has 1 aliphatic heterocycles. The van der Waals surface area contributed by atoms with Gasteiger partial charge >= 0.3 is 0 Å². The molecule has 124 valence electrons. The predicted octanol–water partition coefficient (Wildman–Crippen LogP) is 2.23. The standard InChI is InChI=1S/C17H23ClN4O/c18-12-4-5-17-21-13(10-22(17)9-12)8-20-15-3-1-2-14(15)16-11-23-7-6-19-16/h4-5,9-10,14-16,19-20H,1-3,6-8,11H2. The molecule has 3 unspecified atom stereocenters. The normalized spacial score (nSPS) is 28.5. The van der Waals surface area contributed by atoms with E-state index in [4.69, 9.17) is 16.3 Å². The molecule has 1 saturated carbocycles. The fraction of sp³-hybridized carbons (Fsp3) is 0.588. The van der Waals surface area contributed by atoms with Gasteiger partial charge in [-0.25, -0.2) is 4.98 Å². The van der Waals surface area contributed by atoms with Crippen LogP contribution >= 0.6 is 11.6 Å². The topological polar surface area (TPSA) is 50.6 Å². The van der Waals surface area contributed by atoms with E-state index in [0.717, 1.165) is 42.7 Å². The zero-order valence-electron chi connectivity index (χ0n) is 13.2. The third kappa shape index (κ3) is 3.38. The van der Waals surface area contributed by atoms with Crippen LogP contribution in [0.5, 0.6) is 0 Å². The molecule has 0 spiro atoms. The molecular weight excluding hydrogens is 312 g/mol. The summed E-state index contributed by atoms with van der Waals surface area (Å²) in [5.41, 5.74) is 2.00. The van der Waals surface area contributed by atoms with Crippen molar-refractivity contribution in [3.05, 3.63) is 35.2 Å². The zero-order valence-corrected chi connectivity index (χ0v) is 13.9. The summed E-state index contributed by atoms with van der Waals surface area (Å²) in [6.07, 6.45) is 7.76. The van der Waals surface area contributed by atoms with Gasteiger partial charge in [-0.05, 0) is 30.9 Å². The van der Waals surface area contributed by atoms with E-state index in [9.17, 15) is 0 Å². The van der Waals surface area contributed by atoms with Gasteiger partial charge in [0, 0.05) is 37.6 Å². The van der Waals surface area contributed by atoms with Gasteiger partial charge in [-0.15, -0.1) is 0 Å². The maximum Gasteiger partial charge on any atom is 0.137 e. The molecule has 3 atom stereocenters. The first-order valence-electron chi connectivity index (χ1n) is 8.47. The molecule has 1 aliphatic carbocycles. The average molecular weight is 335 g/mol. The largest absolute Gasteiger partial charge is 0.379 e. The number of morpholine rings is 1. The minimum absolute atomic E-state index is 0.489. The number of nitrogens with one attached hydrogen (secondary N) is 2. The summed E-state index contributed by atoms with van der Waals surface area (Å²) in [5, 5.41) is 8.06. The first kappa shape index (κ1) is 15.4. The molecule has 2 N–H and O–H groups in total. The maximum absolute atomic E-state index is 6.03. The number of rotatable bonds is 4. The van der Waals surface area contributed by atoms with E-state index >= 15 is 0 Å². The molecule has 5 nitrogen and oxygen atoms in total. The minimum atomic E-state index is 0.489. The molecule has 4 rings (SSSR count). The number of halogens is 1. The molecule has 1 saturated heterocycles. The molecular formula is C17H23ClN4O. The third-order valence-electron chi connectivity index (χ3n) is 5.05. The van der Waals surface area contributed by atoms with Gasteiger partial charge in [0.2, 0.25) is 0 Å². The van der Waals surface area contributed by atoms with E-state index in [-0.39, 0.29) is 0 Å². The van der Waals surface area contributed by atoms with Crippen molar-refractivity contribution in [2.75, 3.05) is 19.8 Å². The van der Waals surface area contributed by atoms with Gasteiger partial charge in [-0.1, -0.05) is 18.0 Å². The molecule has 0 aromatic carbocycles. The Kier molecular flexibility index (Phi) is 4.53. The van der Waals surface area contributed by atoms with Gasteiger partial charge in [-0.2, -0.15) is 0 Å². The van der Waals surface area contributed by atoms with Gasteiger partial charge in [0.15, 0.2) is 0 Å². The Morgan fingerprint density at radius 3 is 3.17 bits per heavy atom. The highest BCUT2D eigenvalue weighted by Gasteiger charge is 2.34. The highest BCUT2D eigenvalue weighted by Crippen LogP contribution is 2.29.